The fourth-order valence-electron chi connectivity index (χ4n) is 2.62. The molecule has 26 heavy (non-hydrogen) atoms. The van der Waals surface area contributed by atoms with Crippen molar-refractivity contribution in [1.29, 1.82) is 0 Å². The Bertz CT molecular complexity index is 1050. The number of rotatable bonds is 4. The molecule has 1 heterocycles. The zero-order valence-corrected chi connectivity index (χ0v) is 14.7. The summed E-state index contributed by atoms with van der Waals surface area (Å²) in [6, 6.07) is 12.9. The zero-order chi connectivity index (χ0) is 18.8. The van der Waals surface area contributed by atoms with E-state index in [9.17, 15) is 14.4 Å². The molecule has 6 nitrogen and oxygen atoms in total. The molecule has 0 amide bonds. The number of benzene rings is 2. The Morgan fingerprint density at radius 3 is 2.19 bits per heavy atom. The number of fused-ring (bicyclic) bond motifs is 1. The van der Waals surface area contributed by atoms with Gasteiger partial charge in [0.2, 0.25) is 0 Å². The van der Waals surface area contributed by atoms with Crippen molar-refractivity contribution in [2.75, 3.05) is 0 Å². The number of nitrogens with zero attached hydrogens (tertiary/aromatic N) is 2. The van der Waals surface area contributed by atoms with Crippen molar-refractivity contribution < 1.29 is 14.3 Å². The van der Waals surface area contributed by atoms with Gasteiger partial charge in [0.1, 0.15) is 5.75 Å². The highest BCUT2D eigenvalue weighted by molar-refractivity contribution is 6.03. The molecule has 0 saturated carbocycles. The molecular formula is C20H18N2O4. The van der Waals surface area contributed by atoms with Crippen LogP contribution in [0.4, 0.5) is 0 Å². The van der Waals surface area contributed by atoms with Crippen molar-refractivity contribution in [3.8, 4) is 5.75 Å². The van der Waals surface area contributed by atoms with Crippen molar-refractivity contribution in [3.05, 3.63) is 70.1 Å². The summed E-state index contributed by atoms with van der Waals surface area (Å²) in [4.78, 5) is 36.5. The van der Waals surface area contributed by atoms with Crippen molar-refractivity contribution in [1.82, 2.24) is 9.78 Å². The molecule has 0 N–H and O–H groups in total. The highest BCUT2D eigenvalue weighted by Gasteiger charge is 2.19. The summed E-state index contributed by atoms with van der Waals surface area (Å²) in [5.74, 6) is -0.432. The van der Waals surface area contributed by atoms with Gasteiger partial charge in [0, 0.05) is 10.9 Å². The maximum atomic E-state index is 12.7. The van der Waals surface area contributed by atoms with Crippen LogP contribution in [-0.2, 0) is 0 Å². The summed E-state index contributed by atoms with van der Waals surface area (Å²) in [7, 11) is 0. The molecule has 6 heteroatoms. The number of aromatic nitrogens is 2. The minimum atomic E-state index is -0.661. The lowest BCUT2D eigenvalue weighted by Gasteiger charge is -2.13. The van der Waals surface area contributed by atoms with Gasteiger partial charge in [-0.3, -0.25) is 9.59 Å². The summed E-state index contributed by atoms with van der Waals surface area (Å²) in [6.07, 6.45) is 0. The molecule has 1 aromatic heterocycles. The minimum absolute atomic E-state index is 0.0699. The Labute approximate surface area is 150 Å². The van der Waals surface area contributed by atoms with Gasteiger partial charge in [-0.2, -0.15) is 5.10 Å². The largest absolute Gasteiger partial charge is 0.422 e. The molecular weight excluding hydrogens is 332 g/mol. The van der Waals surface area contributed by atoms with Crippen LogP contribution in [0.5, 0.6) is 5.75 Å². The van der Waals surface area contributed by atoms with Gasteiger partial charge >= 0.3 is 5.97 Å². The van der Waals surface area contributed by atoms with E-state index >= 15 is 0 Å². The van der Waals surface area contributed by atoms with E-state index in [1.54, 1.807) is 48.5 Å². The van der Waals surface area contributed by atoms with Gasteiger partial charge in [0.05, 0.1) is 11.4 Å². The average Bonchev–Trinajstić information content (AvgIpc) is 2.62. The van der Waals surface area contributed by atoms with Crippen molar-refractivity contribution in [2.45, 2.75) is 26.8 Å². The molecule has 0 radical (unpaired) electrons. The van der Waals surface area contributed by atoms with E-state index in [2.05, 4.69) is 5.10 Å². The number of carbonyl (C=O) groups is 2. The first kappa shape index (κ1) is 17.5. The van der Waals surface area contributed by atoms with Crippen molar-refractivity contribution >= 4 is 22.5 Å². The van der Waals surface area contributed by atoms with Gasteiger partial charge in [-0.15, -0.1) is 0 Å². The summed E-state index contributed by atoms with van der Waals surface area (Å²) in [5, 5.41) is 5.07. The topological polar surface area (TPSA) is 78.3 Å². The Kier molecular flexibility index (Phi) is 4.67. The number of hydrogen-bond donors (Lipinski definition) is 0. The SMILES string of the molecule is CC(=O)c1ccc(OC(=O)c2nn(C(C)C)c(=O)c3ccccc23)cc1. The lowest BCUT2D eigenvalue weighted by atomic mass is 10.1. The first-order valence-electron chi connectivity index (χ1n) is 8.23. The molecule has 3 aromatic rings. The van der Waals surface area contributed by atoms with E-state index in [1.165, 1.54) is 11.6 Å². The Morgan fingerprint density at radius 1 is 1.00 bits per heavy atom. The molecule has 3 rings (SSSR count). The standard InChI is InChI=1S/C20H18N2O4/c1-12(2)22-19(24)17-7-5-4-6-16(17)18(21-22)20(25)26-15-10-8-14(9-11-15)13(3)23/h4-12H,1-3H3. The number of ether oxygens (including phenoxy) is 1. The van der Waals surface area contributed by atoms with E-state index in [0.29, 0.717) is 22.1 Å². The monoisotopic (exact) mass is 350 g/mol. The van der Waals surface area contributed by atoms with E-state index < -0.39 is 5.97 Å². The normalized spacial score (nSPS) is 10.9. The predicted molar refractivity (Wildman–Crippen MR) is 97.8 cm³/mol. The highest BCUT2D eigenvalue weighted by Crippen LogP contribution is 2.18. The van der Waals surface area contributed by atoms with Gasteiger partial charge in [-0.05, 0) is 51.1 Å². The average molecular weight is 350 g/mol. The van der Waals surface area contributed by atoms with E-state index in [0.717, 1.165) is 0 Å². The molecule has 0 fully saturated rings. The fraction of sp³-hybridized carbons (Fsp3) is 0.200. The molecule has 2 aromatic carbocycles. The molecule has 0 saturated heterocycles. The fourth-order valence-corrected chi connectivity index (χ4v) is 2.62. The van der Waals surface area contributed by atoms with Crippen LogP contribution in [0.15, 0.2) is 53.3 Å². The molecule has 0 unspecified atom stereocenters. The van der Waals surface area contributed by atoms with Crippen LogP contribution < -0.4 is 10.3 Å². The quantitative estimate of drug-likeness (QED) is 0.409. The van der Waals surface area contributed by atoms with Crippen LogP contribution in [0.25, 0.3) is 10.8 Å². The second-order valence-electron chi connectivity index (χ2n) is 6.21. The maximum absolute atomic E-state index is 12.7. The molecule has 0 spiro atoms. The van der Waals surface area contributed by atoms with Crippen LogP contribution in [0.2, 0.25) is 0 Å². The molecule has 0 aliphatic rings. The van der Waals surface area contributed by atoms with Gasteiger partial charge < -0.3 is 4.74 Å². The molecule has 0 aliphatic carbocycles. The van der Waals surface area contributed by atoms with E-state index in [1.807, 2.05) is 13.8 Å². The second kappa shape index (κ2) is 6.92. The third-order valence-corrected chi connectivity index (χ3v) is 3.98. The predicted octanol–water partition coefficient (Wildman–Crippen LogP) is 3.40. The smallest absolute Gasteiger partial charge is 0.364 e. The van der Waals surface area contributed by atoms with Gasteiger partial charge in [0.25, 0.3) is 5.56 Å². The number of carbonyl (C=O) groups excluding carboxylic acids is 2. The van der Waals surface area contributed by atoms with E-state index in [-0.39, 0.29) is 23.1 Å². The summed E-state index contributed by atoms with van der Waals surface area (Å²) >= 11 is 0. The number of Topliss-reactive ketones (excluding diaryl/α,β-unsaturated/α-hetero) is 1. The summed E-state index contributed by atoms with van der Waals surface area (Å²) in [6.45, 7) is 5.10. The Hall–Kier alpha value is -3.28. The lowest BCUT2D eigenvalue weighted by molar-refractivity contribution is 0.0727. The Balaban J connectivity index is 2.04. The van der Waals surface area contributed by atoms with Crippen LogP contribution in [0.3, 0.4) is 0 Å². The molecule has 0 aliphatic heterocycles. The first-order valence-corrected chi connectivity index (χ1v) is 8.23. The van der Waals surface area contributed by atoms with Crippen molar-refractivity contribution in [3.63, 3.8) is 0 Å². The second-order valence-corrected chi connectivity index (χ2v) is 6.21. The summed E-state index contributed by atoms with van der Waals surface area (Å²) < 4.78 is 6.67. The number of ketones is 1. The van der Waals surface area contributed by atoms with E-state index in [4.69, 9.17) is 4.74 Å². The highest BCUT2D eigenvalue weighted by atomic mass is 16.5. The zero-order valence-electron chi connectivity index (χ0n) is 14.7. The van der Waals surface area contributed by atoms with Crippen LogP contribution in [0, 0.1) is 0 Å². The van der Waals surface area contributed by atoms with Crippen LogP contribution in [-0.4, -0.2) is 21.5 Å². The molecule has 132 valence electrons. The van der Waals surface area contributed by atoms with Gasteiger partial charge in [-0.1, -0.05) is 18.2 Å². The van der Waals surface area contributed by atoms with Crippen molar-refractivity contribution in [2.24, 2.45) is 0 Å². The minimum Gasteiger partial charge on any atom is -0.422 e. The third-order valence-electron chi connectivity index (χ3n) is 3.98. The first-order chi connectivity index (χ1) is 12.4. The lowest BCUT2D eigenvalue weighted by Crippen LogP contribution is -2.28. The number of hydrogen-bond acceptors (Lipinski definition) is 5. The molecule has 0 atom stereocenters. The number of esters is 1. The summed E-state index contributed by atoms with van der Waals surface area (Å²) in [5.41, 5.74) is 0.351. The van der Waals surface area contributed by atoms with Gasteiger partial charge in [0.15, 0.2) is 11.5 Å². The maximum Gasteiger partial charge on any atom is 0.364 e. The molecule has 0 bridgehead atoms. The van der Waals surface area contributed by atoms with Crippen LogP contribution >= 0.6 is 0 Å². The Morgan fingerprint density at radius 2 is 1.62 bits per heavy atom. The third kappa shape index (κ3) is 3.26. The van der Waals surface area contributed by atoms with Gasteiger partial charge in [-0.25, -0.2) is 9.48 Å². The van der Waals surface area contributed by atoms with Crippen LogP contribution in [0.1, 0.15) is 47.7 Å².